The first-order valence-electron chi connectivity index (χ1n) is 9.66. The highest BCUT2D eigenvalue weighted by Gasteiger charge is 2.49. The van der Waals surface area contributed by atoms with Gasteiger partial charge >= 0.3 is 0 Å². The number of carbonyl (C=O) groups excluding carboxylic acids is 1. The lowest BCUT2D eigenvalue weighted by molar-refractivity contribution is -0.181. The molecular formula is C21H35NO3Si. The number of likely N-dealkylation sites (tertiary alicyclic amines) is 1. The summed E-state index contributed by atoms with van der Waals surface area (Å²) in [5, 5.41) is 0.198. The molecule has 26 heavy (non-hydrogen) atoms. The first-order chi connectivity index (χ1) is 12.0. The summed E-state index contributed by atoms with van der Waals surface area (Å²) < 4.78 is 12.3. The average molecular weight is 378 g/mol. The number of β-lactam (4-membered cyclic amide) rings is 1. The Labute approximate surface area is 160 Å². The highest BCUT2D eigenvalue weighted by molar-refractivity contribution is 6.74. The zero-order chi connectivity index (χ0) is 19.5. The lowest BCUT2D eigenvalue weighted by Gasteiger charge is -2.49. The van der Waals surface area contributed by atoms with E-state index in [0.717, 1.165) is 12.0 Å². The lowest BCUT2D eigenvalue weighted by atomic mass is 9.93. The molecule has 0 bridgehead atoms. The Bertz CT molecular complexity index is 595. The summed E-state index contributed by atoms with van der Waals surface area (Å²) in [5.74, 6) is 0.105. The first-order valence-corrected chi connectivity index (χ1v) is 12.6. The topological polar surface area (TPSA) is 38.8 Å². The molecule has 4 nitrogen and oxygen atoms in total. The van der Waals surface area contributed by atoms with Crippen LogP contribution in [0.15, 0.2) is 30.3 Å². The highest BCUT2D eigenvalue weighted by Crippen LogP contribution is 2.37. The molecule has 2 rings (SSSR count). The Hall–Kier alpha value is -1.17. The van der Waals surface area contributed by atoms with E-state index in [1.807, 2.05) is 35.2 Å². The van der Waals surface area contributed by atoms with Crippen molar-refractivity contribution in [2.24, 2.45) is 0 Å². The predicted molar refractivity (Wildman–Crippen MR) is 109 cm³/mol. The Morgan fingerprint density at radius 3 is 2.31 bits per heavy atom. The number of rotatable bonds is 8. The molecule has 1 aromatic rings. The first kappa shape index (κ1) is 21.1. The molecule has 0 saturated carbocycles. The fourth-order valence-electron chi connectivity index (χ4n) is 3.06. The maximum atomic E-state index is 12.5. The molecule has 1 aromatic carbocycles. The van der Waals surface area contributed by atoms with E-state index in [-0.39, 0.29) is 29.1 Å². The predicted octanol–water partition coefficient (Wildman–Crippen LogP) is 4.60. The summed E-state index contributed by atoms with van der Waals surface area (Å²) in [6, 6.07) is 10.3. The monoisotopic (exact) mass is 377 g/mol. The fraction of sp³-hybridized carbons (Fsp3) is 0.667. The summed E-state index contributed by atoms with van der Waals surface area (Å²) in [4.78, 5) is 14.5. The van der Waals surface area contributed by atoms with Gasteiger partial charge in [0, 0.05) is 12.6 Å². The molecule has 2 atom stereocenters. The van der Waals surface area contributed by atoms with Gasteiger partial charge in [0.1, 0.15) is 0 Å². The maximum absolute atomic E-state index is 12.5. The van der Waals surface area contributed by atoms with Crippen molar-refractivity contribution >= 4 is 14.2 Å². The minimum atomic E-state index is -1.76. The van der Waals surface area contributed by atoms with Crippen LogP contribution in [0.1, 0.15) is 46.6 Å². The number of benzene rings is 1. The van der Waals surface area contributed by atoms with Gasteiger partial charge in [0.05, 0.1) is 12.6 Å². The van der Waals surface area contributed by atoms with Crippen molar-refractivity contribution in [3.05, 3.63) is 35.9 Å². The smallest absolute Gasteiger partial charge is 0.254 e. The van der Waals surface area contributed by atoms with Crippen molar-refractivity contribution in [1.29, 1.82) is 0 Å². The molecule has 1 heterocycles. The van der Waals surface area contributed by atoms with E-state index in [9.17, 15) is 4.79 Å². The Balaban J connectivity index is 1.94. The van der Waals surface area contributed by atoms with Crippen molar-refractivity contribution in [3.63, 3.8) is 0 Å². The molecule has 0 N–H and O–H groups in total. The molecule has 1 fully saturated rings. The van der Waals surface area contributed by atoms with Crippen molar-refractivity contribution in [3.8, 4) is 0 Å². The van der Waals surface area contributed by atoms with Crippen LogP contribution >= 0.6 is 0 Å². The van der Waals surface area contributed by atoms with E-state index < -0.39 is 8.32 Å². The SMILES string of the molecule is CC(C)N1C(=O)[C@@H](OCc2ccccc2)[C@H]1CCO[Si](C)(C)C(C)(C)C. The minimum absolute atomic E-state index is 0.105. The van der Waals surface area contributed by atoms with Gasteiger partial charge in [0.2, 0.25) is 0 Å². The summed E-state index contributed by atoms with van der Waals surface area (Å²) in [5.41, 5.74) is 1.10. The van der Waals surface area contributed by atoms with Gasteiger partial charge in [0.15, 0.2) is 14.4 Å². The van der Waals surface area contributed by atoms with Gasteiger partial charge in [0.25, 0.3) is 5.91 Å². The largest absolute Gasteiger partial charge is 0.417 e. The van der Waals surface area contributed by atoms with Crippen molar-refractivity contribution in [1.82, 2.24) is 4.90 Å². The van der Waals surface area contributed by atoms with E-state index >= 15 is 0 Å². The van der Waals surface area contributed by atoms with E-state index in [0.29, 0.717) is 13.2 Å². The molecule has 0 radical (unpaired) electrons. The maximum Gasteiger partial charge on any atom is 0.254 e. The number of ether oxygens (including phenoxy) is 1. The Morgan fingerprint density at radius 1 is 1.15 bits per heavy atom. The third-order valence-electron chi connectivity index (χ3n) is 5.72. The van der Waals surface area contributed by atoms with Gasteiger partial charge in [-0.3, -0.25) is 4.79 Å². The summed E-state index contributed by atoms with van der Waals surface area (Å²) in [7, 11) is -1.76. The fourth-order valence-corrected chi connectivity index (χ4v) is 4.12. The van der Waals surface area contributed by atoms with Crippen LogP contribution in [0.2, 0.25) is 18.1 Å². The van der Waals surface area contributed by atoms with Gasteiger partial charge in [-0.15, -0.1) is 0 Å². The van der Waals surface area contributed by atoms with Crippen molar-refractivity contribution in [2.45, 2.75) is 84.0 Å². The molecule has 0 aliphatic carbocycles. The third-order valence-corrected chi connectivity index (χ3v) is 10.3. The highest BCUT2D eigenvalue weighted by atomic mass is 28.4. The number of nitrogens with zero attached hydrogens (tertiary/aromatic N) is 1. The summed E-state index contributed by atoms with van der Waals surface area (Å²) in [6.45, 7) is 16.6. The van der Waals surface area contributed by atoms with Crippen LogP contribution in [0.25, 0.3) is 0 Å². The second-order valence-electron chi connectivity index (χ2n) is 9.02. The molecular weight excluding hydrogens is 342 g/mol. The molecule has 1 amide bonds. The van der Waals surface area contributed by atoms with Gasteiger partial charge < -0.3 is 14.1 Å². The number of hydrogen-bond acceptors (Lipinski definition) is 3. The van der Waals surface area contributed by atoms with Crippen LogP contribution in [0.4, 0.5) is 0 Å². The standard InChI is InChI=1S/C21H35NO3Si/c1-16(2)22-18(13-14-25-26(6,7)21(3,4)5)19(20(22)23)24-15-17-11-9-8-10-12-17/h8-12,16,18-19H,13-15H2,1-7H3/t18-,19+/m1/s1. The average Bonchev–Trinajstić information content (AvgIpc) is 2.53. The second-order valence-corrected chi connectivity index (χ2v) is 13.8. The number of hydrogen-bond donors (Lipinski definition) is 0. The molecule has 146 valence electrons. The van der Waals surface area contributed by atoms with Gasteiger partial charge in [-0.05, 0) is 44.0 Å². The van der Waals surface area contributed by atoms with Crippen LogP contribution in [0.3, 0.4) is 0 Å². The van der Waals surface area contributed by atoms with Gasteiger partial charge in [-0.25, -0.2) is 0 Å². The number of amides is 1. The third kappa shape index (κ3) is 4.75. The number of carbonyl (C=O) groups is 1. The zero-order valence-corrected chi connectivity index (χ0v) is 18.4. The molecule has 1 aliphatic heterocycles. The Kier molecular flexibility index (Phi) is 6.69. The van der Waals surface area contributed by atoms with Crippen LogP contribution < -0.4 is 0 Å². The van der Waals surface area contributed by atoms with E-state index in [1.165, 1.54) is 0 Å². The molecule has 0 aromatic heterocycles. The molecule has 1 saturated heterocycles. The van der Waals surface area contributed by atoms with Crippen LogP contribution in [0.5, 0.6) is 0 Å². The molecule has 5 heteroatoms. The van der Waals surface area contributed by atoms with Crippen LogP contribution in [-0.4, -0.2) is 43.9 Å². The van der Waals surface area contributed by atoms with Gasteiger partial charge in [-0.2, -0.15) is 0 Å². The van der Waals surface area contributed by atoms with E-state index in [4.69, 9.17) is 9.16 Å². The van der Waals surface area contributed by atoms with E-state index in [1.54, 1.807) is 0 Å². The summed E-state index contributed by atoms with van der Waals surface area (Å²) >= 11 is 0. The lowest BCUT2D eigenvalue weighted by Crippen LogP contribution is -2.68. The van der Waals surface area contributed by atoms with Crippen LogP contribution in [-0.2, 0) is 20.6 Å². The molecule has 0 unspecified atom stereocenters. The second kappa shape index (κ2) is 8.24. The molecule has 1 aliphatic rings. The normalized spacial score (nSPS) is 21.2. The van der Waals surface area contributed by atoms with E-state index in [2.05, 4.69) is 47.7 Å². The van der Waals surface area contributed by atoms with Gasteiger partial charge in [-0.1, -0.05) is 51.1 Å². The van der Waals surface area contributed by atoms with Crippen molar-refractivity contribution in [2.75, 3.05) is 6.61 Å². The minimum Gasteiger partial charge on any atom is -0.417 e. The van der Waals surface area contributed by atoms with Crippen LogP contribution in [0, 0.1) is 0 Å². The zero-order valence-electron chi connectivity index (χ0n) is 17.4. The molecule has 0 spiro atoms. The van der Waals surface area contributed by atoms with Crippen molar-refractivity contribution < 1.29 is 14.0 Å². The Morgan fingerprint density at radius 2 is 1.77 bits per heavy atom. The quantitative estimate of drug-likeness (QED) is 0.491. The summed E-state index contributed by atoms with van der Waals surface area (Å²) in [6.07, 6.45) is 0.483.